The van der Waals surface area contributed by atoms with Crippen molar-refractivity contribution in [1.82, 2.24) is 9.80 Å². The van der Waals surface area contributed by atoms with Crippen LogP contribution in [0.2, 0.25) is 0 Å². The number of rotatable bonds is 4. The first-order chi connectivity index (χ1) is 13.6. The second-order valence-electron chi connectivity index (χ2n) is 7.13. The van der Waals surface area contributed by atoms with Crippen LogP contribution in [0.25, 0.3) is 0 Å². The van der Waals surface area contributed by atoms with Crippen LogP contribution in [0.15, 0.2) is 60.7 Å². The average Bonchev–Trinajstić information content (AvgIpc) is 3.08. The largest absolute Gasteiger partial charge is 0.342 e. The molecule has 0 bridgehead atoms. The third kappa shape index (κ3) is 3.69. The second kappa shape index (κ2) is 8.19. The van der Waals surface area contributed by atoms with E-state index in [1.807, 2.05) is 65.6 Å². The fourth-order valence-electron chi connectivity index (χ4n) is 4.01. The molecule has 5 nitrogen and oxygen atoms in total. The summed E-state index contributed by atoms with van der Waals surface area (Å²) in [5.41, 5.74) is 1.95. The molecular weight excluding hydrogens is 372 g/mol. The number of carbonyl (C=O) groups is 3. The zero-order chi connectivity index (χ0) is 19.5. The molecule has 2 aliphatic heterocycles. The molecule has 28 heavy (non-hydrogen) atoms. The van der Waals surface area contributed by atoms with Gasteiger partial charge in [0.1, 0.15) is 0 Å². The average molecular weight is 394 g/mol. The summed E-state index contributed by atoms with van der Waals surface area (Å²) in [6.07, 6.45) is 1.28. The van der Waals surface area contributed by atoms with Crippen molar-refractivity contribution in [2.45, 2.75) is 24.8 Å². The summed E-state index contributed by atoms with van der Waals surface area (Å²) in [5.74, 6) is -0.137. The Bertz CT molecular complexity index is 808. The lowest BCUT2D eigenvalue weighted by molar-refractivity contribution is -0.134. The molecule has 0 radical (unpaired) electrons. The van der Waals surface area contributed by atoms with Crippen LogP contribution in [0.4, 0.5) is 4.79 Å². The van der Waals surface area contributed by atoms with Gasteiger partial charge in [-0.2, -0.15) is 0 Å². The highest BCUT2D eigenvalue weighted by atomic mass is 32.2. The van der Waals surface area contributed by atoms with Gasteiger partial charge in [-0.25, -0.2) is 0 Å². The van der Waals surface area contributed by atoms with Gasteiger partial charge in [-0.15, -0.1) is 0 Å². The lowest BCUT2D eigenvalue weighted by atomic mass is 9.89. The maximum absolute atomic E-state index is 13.4. The molecule has 2 fully saturated rings. The van der Waals surface area contributed by atoms with Crippen LogP contribution in [0.3, 0.4) is 0 Å². The van der Waals surface area contributed by atoms with Crippen LogP contribution in [-0.2, 0) is 9.59 Å². The van der Waals surface area contributed by atoms with Gasteiger partial charge in [-0.3, -0.25) is 19.3 Å². The smallest absolute Gasteiger partial charge is 0.289 e. The standard InChI is InChI=1S/C22H22N2O3S/c25-19-15-28-22(27)24(19)18-11-13-23(14-12-18)21(26)20(16-7-3-1-4-8-16)17-9-5-2-6-10-17/h1-10,18,20H,11-15H2. The molecule has 144 valence electrons. The molecule has 4 rings (SSSR count). The first-order valence-electron chi connectivity index (χ1n) is 9.52. The van der Waals surface area contributed by atoms with Gasteiger partial charge < -0.3 is 4.90 Å². The van der Waals surface area contributed by atoms with Crippen molar-refractivity contribution in [3.05, 3.63) is 71.8 Å². The van der Waals surface area contributed by atoms with Gasteiger partial charge in [0.25, 0.3) is 5.24 Å². The number of hydrogen-bond donors (Lipinski definition) is 0. The number of amides is 3. The van der Waals surface area contributed by atoms with Gasteiger partial charge in [0.05, 0.1) is 11.7 Å². The predicted molar refractivity (Wildman–Crippen MR) is 109 cm³/mol. The van der Waals surface area contributed by atoms with Gasteiger partial charge >= 0.3 is 0 Å². The fraction of sp³-hybridized carbons (Fsp3) is 0.318. The maximum atomic E-state index is 13.4. The van der Waals surface area contributed by atoms with Gasteiger partial charge in [0.2, 0.25) is 11.8 Å². The lowest BCUT2D eigenvalue weighted by Crippen LogP contribution is -2.49. The first-order valence-corrected chi connectivity index (χ1v) is 10.5. The van der Waals surface area contributed by atoms with Crippen LogP contribution in [-0.4, -0.2) is 51.7 Å². The van der Waals surface area contributed by atoms with Crippen LogP contribution in [0, 0.1) is 0 Å². The molecular formula is C22H22N2O3S. The number of likely N-dealkylation sites (tertiary alicyclic amines) is 1. The summed E-state index contributed by atoms with van der Waals surface area (Å²) >= 11 is 1.07. The Morgan fingerprint density at radius 2 is 1.43 bits per heavy atom. The molecule has 0 aromatic heterocycles. The van der Waals surface area contributed by atoms with Crippen LogP contribution < -0.4 is 0 Å². The molecule has 0 spiro atoms. The zero-order valence-electron chi connectivity index (χ0n) is 15.5. The topological polar surface area (TPSA) is 57.7 Å². The van der Waals surface area contributed by atoms with Crippen molar-refractivity contribution < 1.29 is 14.4 Å². The van der Waals surface area contributed by atoms with Gasteiger partial charge in [0, 0.05) is 19.1 Å². The SMILES string of the molecule is O=C(C(c1ccccc1)c1ccccc1)N1CCC(N2C(=O)CSC2=O)CC1. The second-order valence-corrected chi connectivity index (χ2v) is 8.06. The molecule has 2 saturated heterocycles. The van der Waals surface area contributed by atoms with E-state index >= 15 is 0 Å². The molecule has 3 amide bonds. The van der Waals surface area contributed by atoms with Crippen molar-refractivity contribution in [3.8, 4) is 0 Å². The quantitative estimate of drug-likeness (QED) is 0.796. The van der Waals surface area contributed by atoms with Crippen LogP contribution in [0.1, 0.15) is 29.9 Å². The normalized spacial score (nSPS) is 18.2. The zero-order valence-corrected chi connectivity index (χ0v) is 16.3. The molecule has 2 aliphatic rings. The van der Waals surface area contributed by atoms with E-state index in [0.29, 0.717) is 25.9 Å². The Morgan fingerprint density at radius 1 is 0.893 bits per heavy atom. The highest BCUT2D eigenvalue weighted by molar-refractivity contribution is 8.14. The number of thioether (sulfide) groups is 1. The van der Waals surface area contributed by atoms with E-state index in [1.54, 1.807) is 0 Å². The summed E-state index contributed by atoms with van der Waals surface area (Å²) in [6.45, 7) is 1.11. The van der Waals surface area contributed by atoms with E-state index in [9.17, 15) is 14.4 Å². The maximum Gasteiger partial charge on any atom is 0.289 e. The van der Waals surface area contributed by atoms with Gasteiger partial charge in [-0.1, -0.05) is 72.4 Å². The molecule has 2 aromatic carbocycles. The summed E-state index contributed by atoms with van der Waals surface area (Å²) in [7, 11) is 0. The fourth-order valence-corrected chi connectivity index (χ4v) is 4.79. The molecule has 0 saturated carbocycles. The van der Waals surface area contributed by atoms with E-state index < -0.39 is 0 Å². The molecule has 0 N–H and O–H groups in total. The summed E-state index contributed by atoms with van der Waals surface area (Å²) in [6, 6.07) is 19.6. The molecule has 0 unspecified atom stereocenters. The summed E-state index contributed by atoms with van der Waals surface area (Å²) in [5, 5.41) is -0.152. The summed E-state index contributed by atoms with van der Waals surface area (Å²) in [4.78, 5) is 40.7. The Labute approximate surface area is 168 Å². The molecule has 2 aromatic rings. The molecule has 2 heterocycles. The molecule has 0 aliphatic carbocycles. The van der Waals surface area contributed by atoms with E-state index in [4.69, 9.17) is 0 Å². The van der Waals surface area contributed by atoms with Gasteiger partial charge in [0.15, 0.2) is 0 Å². The van der Waals surface area contributed by atoms with Crippen LogP contribution in [0.5, 0.6) is 0 Å². The van der Waals surface area contributed by atoms with Crippen molar-refractivity contribution in [2.24, 2.45) is 0 Å². The number of piperidine rings is 1. The highest BCUT2D eigenvalue weighted by Gasteiger charge is 2.39. The van der Waals surface area contributed by atoms with E-state index in [-0.39, 0.29) is 34.8 Å². The minimum Gasteiger partial charge on any atom is -0.342 e. The number of imide groups is 1. The number of benzene rings is 2. The number of nitrogens with zero attached hydrogens (tertiary/aromatic N) is 2. The Balaban J connectivity index is 1.51. The first kappa shape index (κ1) is 18.7. The van der Waals surface area contributed by atoms with Gasteiger partial charge in [-0.05, 0) is 24.0 Å². The van der Waals surface area contributed by atoms with E-state index in [2.05, 4.69) is 0 Å². The molecule has 6 heteroatoms. The minimum atomic E-state index is -0.343. The van der Waals surface area contributed by atoms with E-state index in [0.717, 1.165) is 22.9 Å². The van der Waals surface area contributed by atoms with E-state index in [1.165, 1.54) is 4.90 Å². The monoisotopic (exact) mass is 394 g/mol. The lowest BCUT2D eigenvalue weighted by Gasteiger charge is -2.37. The third-order valence-electron chi connectivity index (χ3n) is 5.44. The van der Waals surface area contributed by atoms with Crippen LogP contribution >= 0.6 is 11.8 Å². The summed E-state index contributed by atoms with van der Waals surface area (Å²) < 4.78 is 0. The van der Waals surface area contributed by atoms with Crippen molar-refractivity contribution in [2.75, 3.05) is 18.8 Å². The van der Waals surface area contributed by atoms with Crippen molar-refractivity contribution >= 4 is 28.8 Å². The minimum absolute atomic E-state index is 0.0734. The Morgan fingerprint density at radius 3 is 1.89 bits per heavy atom. The Hall–Kier alpha value is -2.60. The molecule has 0 atom stereocenters. The number of carbonyl (C=O) groups excluding carboxylic acids is 3. The van der Waals surface area contributed by atoms with Crippen molar-refractivity contribution in [3.63, 3.8) is 0 Å². The predicted octanol–water partition coefficient (Wildman–Crippen LogP) is 3.50. The Kier molecular flexibility index (Phi) is 5.48. The number of hydrogen-bond acceptors (Lipinski definition) is 4. The third-order valence-corrected chi connectivity index (χ3v) is 6.27. The highest BCUT2D eigenvalue weighted by Crippen LogP contribution is 2.30. The van der Waals surface area contributed by atoms with Crippen molar-refractivity contribution in [1.29, 1.82) is 0 Å².